The molecule has 2 rings (SSSR count). The summed E-state index contributed by atoms with van der Waals surface area (Å²) >= 11 is 6.18. The Labute approximate surface area is 128 Å². The maximum Gasteiger partial charge on any atom is 0.170 e. The number of benzene rings is 1. The molecule has 0 atom stereocenters. The molecule has 2 aromatic rings. The minimum atomic E-state index is 0.330. The second-order valence-electron chi connectivity index (χ2n) is 4.70. The Morgan fingerprint density at radius 3 is 2.57 bits per heavy atom. The first-order chi connectivity index (χ1) is 10.1. The van der Waals surface area contributed by atoms with E-state index in [1.54, 1.807) is 31.0 Å². The van der Waals surface area contributed by atoms with Crippen LogP contribution in [0.1, 0.15) is 19.7 Å². The molecule has 1 heterocycles. The summed E-state index contributed by atoms with van der Waals surface area (Å²) < 4.78 is 12.2. The van der Waals surface area contributed by atoms with E-state index in [0.717, 1.165) is 0 Å². The van der Waals surface area contributed by atoms with Gasteiger partial charge in [0.05, 0.1) is 25.8 Å². The lowest BCUT2D eigenvalue weighted by molar-refractivity contribution is 0.392. The van der Waals surface area contributed by atoms with Crippen LogP contribution in [0.5, 0.6) is 11.5 Å². The van der Waals surface area contributed by atoms with Gasteiger partial charge in [0.1, 0.15) is 17.2 Å². The number of methoxy groups -OCH3 is 2. The molecule has 0 amide bonds. The first-order valence-electron chi connectivity index (χ1n) is 6.49. The summed E-state index contributed by atoms with van der Waals surface area (Å²) in [7, 11) is 3.12. The van der Waals surface area contributed by atoms with E-state index in [0.29, 0.717) is 40.6 Å². The molecule has 8 heteroatoms. The highest BCUT2D eigenvalue weighted by molar-refractivity contribution is 6.32. The van der Waals surface area contributed by atoms with E-state index in [4.69, 9.17) is 21.1 Å². The van der Waals surface area contributed by atoms with Crippen molar-refractivity contribution in [3.63, 3.8) is 0 Å². The summed E-state index contributed by atoms with van der Waals surface area (Å²) in [4.78, 5) is 0. The summed E-state index contributed by atoms with van der Waals surface area (Å²) in [6.07, 6.45) is 0. The van der Waals surface area contributed by atoms with Crippen LogP contribution in [0.4, 0.5) is 0 Å². The smallest absolute Gasteiger partial charge is 0.170 e. The Morgan fingerprint density at radius 1 is 1.24 bits per heavy atom. The Hall–Kier alpha value is -1.86. The van der Waals surface area contributed by atoms with E-state index in [1.807, 2.05) is 0 Å². The second-order valence-corrected chi connectivity index (χ2v) is 5.11. The fraction of sp³-hybridized carbons (Fsp3) is 0.462. The second kappa shape index (κ2) is 6.73. The van der Waals surface area contributed by atoms with Crippen LogP contribution < -0.4 is 14.8 Å². The van der Waals surface area contributed by atoms with Gasteiger partial charge in [-0.2, -0.15) is 4.68 Å². The van der Waals surface area contributed by atoms with Crippen LogP contribution in [0.3, 0.4) is 0 Å². The summed E-state index contributed by atoms with van der Waals surface area (Å²) in [5.41, 5.74) is 0.661. The standard InChI is InChI=1S/C13H18ClN5O2/c1-8(2)15-7-13-16-17-18-19(13)10-5-9(14)11(20-3)6-12(10)21-4/h5-6,8,15H,7H2,1-4H3. The third-order valence-electron chi connectivity index (χ3n) is 2.88. The molecule has 7 nitrogen and oxygen atoms in total. The number of hydrogen-bond acceptors (Lipinski definition) is 6. The zero-order chi connectivity index (χ0) is 15.4. The van der Waals surface area contributed by atoms with Crippen LogP contribution in [0.2, 0.25) is 5.02 Å². The topological polar surface area (TPSA) is 74.1 Å². The number of halogens is 1. The van der Waals surface area contributed by atoms with Gasteiger partial charge >= 0.3 is 0 Å². The first kappa shape index (κ1) is 15.5. The van der Waals surface area contributed by atoms with Crippen LogP contribution in [-0.2, 0) is 6.54 Å². The van der Waals surface area contributed by atoms with Crippen molar-refractivity contribution >= 4 is 11.6 Å². The molecule has 1 N–H and O–H groups in total. The Balaban J connectivity index is 2.42. The van der Waals surface area contributed by atoms with Crippen LogP contribution >= 0.6 is 11.6 Å². The molecule has 0 radical (unpaired) electrons. The molecule has 0 unspecified atom stereocenters. The number of nitrogens with zero attached hydrogens (tertiary/aromatic N) is 4. The quantitative estimate of drug-likeness (QED) is 0.877. The largest absolute Gasteiger partial charge is 0.495 e. The lowest BCUT2D eigenvalue weighted by Crippen LogP contribution is -2.24. The average molecular weight is 312 g/mol. The van der Waals surface area contributed by atoms with Gasteiger partial charge in [-0.15, -0.1) is 5.10 Å². The number of hydrogen-bond donors (Lipinski definition) is 1. The normalized spacial score (nSPS) is 11.0. The van der Waals surface area contributed by atoms with Crippen LogP contribution in [-0.4, -0.2) is 40.5 Å². The van der Waals surface area contributed by atoms with E-state index in [2.05, 4.69) is 34.7 Å². The fourth-order valence-electron chi connectivity index (χ4n) is 1.81. The zero-order valence-electron chi connectivity index (χ0n) is 12.4. The van der Waals surface area contributed by atoms with Gasteiger partial charge in [0.25, 0.3) is 0 Å². The highest BCUT2D eigenvalue weighted by Gasteiger charge is 2.16. The molecular weight excluding hydrogens is 294 g/mol. The number of nitrogens with one attached hydrogen (secondary N) is 1. The molecule has 21 heavy (non-hydrogen) atoms. The van der Waals surface area contributed by atoms with Crippen LogP contribution in [0.15, 0.2) is 12.1 Å². The maximum atomic E-state index is 6.18. The van der Waals surface area contributed by atoms with E-state index >= 15 is 0 Å². The average Bonchev–Trinajstić information content (AvgIpc) is 2.93. The van der Waals surface area contributed by atoms with Gasteiger partial charge in [-0.25, -0.2) is 0 Å². The molecule has 0 fully saturated rings. The van der Waals surface area contributed by atoms with Crippen molar-refractivity contribution < 1.29 is 9.47 Å². The van der Waals surface area contributed by atoms with Crippen LogP contribution in [0.25, 0.3) is 5.69 Å². The van der Waals surface area contributed by atoms with Gasteiger partial charge in [0.15, 0.2) is 5.82 Å². The number of tetrazole rings is 1. The molecule has 0 saturated heterocycles. The van der Waals surface area contributed by atoms with E-state index < -0.39 is 0 Å². The lowest BCUT2D eigenvalue weighted by atomic mass is 10.2. The highest BCUT2D eigenvalue weighted by atomic mass is 35.5. The Bertz CT molecular complexity index is 615. The first-order valence-corrected chi connectivity index (χ1v) is 6.87. The molecule has 1 aromatic heterocycles. The van der Waals surface area contributed by atoms with Gasteiger partial charge in [-0.1, -0.05) is 25.4 Å². The van der Waals surface area contributed by atoms with Crippen molar-refractivity contribution in [1.82, 2.24) is 25.5 Å². The summed E-state index contributed by atoms with van der Waals surface area (Å²) in [5.74, 6) is 1.78. The van der Waals surface area contributed by atoms with Crippen molar-refractivity contribution in [3.05, 3.63) is 23.0 Å². The number of rotatable bonds is 6. The van der Waals surface area contributed by atoms with E-state index in [9.17, 15) is 0 Å². The van der Waals surface area contributed by atoms with Crippen molar-refractivity contribution in [2.45, 2.75) is 26.4 Å². The van der Waals surface area contributed by atoms with E-state index in [-0.39, 0.29) is 0 Å². The molecule has 1 aromatic carbocycles. The molecule has 0 aliphatic heterocycles. The Morgan fingerprint density at radius 2 is 1.95 bits per heavy atom. The van der Waals surface area contributed by atoms with Crippen LogP contribution in [0, 0.1) is 0 Å². The number of aromatic nitrogens is 4. The van der Waals surface area contributed by atoms with Crippen molar-refractivity contribution in [2.75, 3.05) is 14.2 Å². The monoisotopic (exact) mass is 311 g/mol. The molecule has 0 bridgehead atoms. The van der Waals surface area contributed by atoms with Gasteiger partial charge in [0.2, 0.25) is 0 Å². The zero-order valence-corrected chi connectivity index (χ0v) is 13.2. The molecular formula is C13H18ClN5O2. The molecule has 0 saturated carbocycles. The van der Waals surface area contributed by atoms with Gasteiger partial charge in [-0.3, -0.25) is 0 Å². The van der Waals surface area contributed by atoms with Gasteiger partial charge in [-0.05, 0) is 16.5 Å². The molecule has 114 valence electrons. The predicted molar refractivity (Wildman–Crippen MR) is 79.2 cm³/mol. The summed E-state index contributed by atoms with van der Waals surface area (Å²) in [6.45, 7) is 4.65. The van der Waals surface area contributed by atoms with Crippen molar-refractivity contribution in [1.29, 1.82) is 0 Å². The third-order valence-corrected chi connectivity index (χ3v) is 3.18. The Kier molecular flexibility index (Phi) is 4.98. The molecule has 0 spiro atoms. The van der Waals surface area contributed by atoms with E-state index in [1.165, 1.54) is 0 Å². The minimum absolute atomic E-state index is 0.330. The van der Waals surface area contributed by atoms with Gasteiger partial charge < -0.3 is 14.8 Å². The fourth-order valence-corrected chi connectivity index (χ4v) is 2.04. The SMILES string of the molecule is COc1cc(OC)c(-n2nnnc2CNC(C)C)cc1Cl. The molecule has 0 aliphatic carbocycles. The predicted octanol–water partition coefficient (Wildman–Crippen LogP) is 1.83. The van der Waals surface area contributed by atoms with Crippen molar-refractivity contribution in [3.8, 4) is 17.2 Å². The maximum absolute atomic E-state index is 6.18. The third kappa shape index (κ3) is 3.43. The number of ether oxygens (including phenoxy) is 2. The summed E-state index contributed by atoms with van der Waals surface area (Å²) in [6, 6.07) is 3.75. The summed E-state index contributed by atoms with van der Waals surface area (Å²) in [5, 5.41) is 15.5. The van der Waals surface area contributed by atoms with Crippen molar-refractivity contribution in [2.24, 2.45) is 0 Å². The molecule has 0 aliphatic rings. The van der Waals surface area contributed by atoms with Gasteiger partial charge in [0, 0.05) is 12.1 Å². The minimum Gasteiger partial charge on any atom is -0.495 e. The lowest BCUT2D eigenvalue weighted by Gasteiger charge is -2.13. The highest BCUT2D eigenvalue weighted by Crippen LogP contribution is 2.34.